The minimum atomic E-state index is -0.0871. The number of carbonyl (C=O) groups is 1. The fourth-order valence-corrected chi connectivity index (χ4v) is 1.74. The van der Waals surface area contributed by atoms with Crippen molar-refractivity contribution in [1.82, 2.24) is 14.9 Å². The first-order valence-corrected chi connectivity index (χ1v) is 5.61. The third-order valence-electron chi connectivity index (χ3n) is 2.76. The Morgan fingerprint density at radius 3 is 2.94 bits per heavy atom. The lowest BCUT2D eigenvalue weighted by Crippen LogP contribution is -2.47. The Kier molecular flexibility index (Phi) is 3.53. The number of rotatable bonds is 2. The van der Waals surface area contributed by atoms with Crippen molar-refractivity contribution in [3.8, 4) is 0 Å². The Labute approximate surface area is 100 Å². The highest BCUT2D eigenvalue weighted by molar-refractivity contribution is 5.92. The van der Waals surface area contributed by atoms with Crippen LogP contribution in [0.25, 0.3) is 0 Å². The summed E-state index contributed by atoms with van der Waals surface area (Å²) in [6.45, 7) is 3.73. The molecule has 6 heteroatoms. The zero-order valence-corrected chi connectivity index (χ0v) is 10.0. The number of amides is 1. The molecule has 1 unspecified atom stereocenters. The third kappa shape index (κ3) is 2.52. The molecule has 2 rings (SSSR count). The molecular weight excluding hydrogens is 220 g/mol. The number of ether oxygens (including phenoxy) is 1. The Bertz CT molecular complexity index is 393. The number of carbonyl (C=O) groups excluding carboxylic acids is 1. The van der Waals surface area contributed by atoms with E-state index in [0.717, 1.165) is 0 Å². The van der Waals surface area contributed by atoms with Crippen LogP contribution in [-0.4, -0.2) is 53.6 Å². The van der Waals surface area contributed by atoms with Gasteiger partial charge in [-0.05, 0) is 6.92 Å². The van der Waals surface area contributed by atoms with Crippen LogP contribution < -0.4 is 5.32 Å². The van der Waals surface area contributed by atoms with E-state index in [1.165, 1.54) is 6.20 Å². The molecule has 92 valence electrons. The van der Waals surface area contributed by atoms with Crippen LogP contribution in [0.5, 0.6) is 0 Å². The Morgan fingerprint density at radius 1 is 1.53 bits per heavy atom. The summed E-state index contributed by atoms with van der Waals surface area (Å²) in [6.07, 6.45) is 3.05. The summed E-state index contributed by atoms with van der Waals surface area (Å²) in [6, 6.07) is 0.0852. The summed E-state index contributed by atoms with van der Waals surface area (Å²) in [5.74, 6) is 0.563. The van der Waals surface area contributed by atoms with E-state index in [4.69, 9.17) is 4.74 Å². The summed E-state index contributed by atoms with van der Waals surface area (Å²) in [4.78, 5) is 22.1. The van der Waals surface area contributed by atoms with Crippen molar-refractivity contribution in [2.45, 2.75) is 13.0 Å². The second-order valence-corrected chi connectivity index (χ2v) is 3.96. The van der Waals surface area contributed by atoms with Gasteiger partial charge in [0.25, 0.3) is 5.91 Å². The summed E-state index contributed by atoms with van der Waals surface area (Å²) < 4.78 is 5.29. The highest BCUT2D eigenvalue weighted by Crippen LogP contribution is 2.11. The van der Waals surface area contributed by atoms with Crippen LogP contribution in [0, 0.1) is 0 Å². The van der Waals surface area contributed by atoms with Crippen molar-refractivity contribution in [2.24, 2.45) is 0 Å². The fraction of sp³-hybridized carbons (Fsp3) is 0.545. The van der Waals surface area contributed by atoms with E-state index < -0.39 is 0 Å². The van der Waals surface area contributed by atoms with E-state index in [1.807, 2.05) is 6.92 Å². The zero-order valence-electron chi connectivity index (χ0n) is 10.0. The third-order valence-corrected chi connectivity index (χ3v) is 2.76. The number of anilines is 1. The Morgan fingerprint density at radius 2 is 2.35 bits per heavy atom. The van der Waals surface area contributed by atoms with Gasteiger partial charge in [-0.15, -0.1) is 0 Å². The molecule has 0 bridgehead atoms. The van der Waals surface area contributed by atoms with Crippen molar-refractivity contribution in [3.63, 3.8) is 0 Å². The number of nitrogens with one attached hydrogen (secondary N) is 1. The predicted molar refractivity (Wildman–Crippen MR) is 62.9 cm³/mol. The first kappa shape index (κ1) is 11.8. The quantitative estimate of drug-likeness (QED) is 0.804. The van der Waals surface area contributed by atoms with Crippen LogP contribution in [0.1, 0.15) is 17.4 Å². The largest absolute Gasteiger partial charge is 0.377 e. The lowest BCUT2D eigenvalue weighted by molar-refractivity contribution is 0.00325. The molecule has 6 nitrogen and oxygen atoms in total. The average Bonchev–Trinajstić information content (AvgIpc) is 2.39. The Balaban J connectivity index is 2.12. The predicted octanol–water partition coefficient (Wildman–Crippen LogP) is 0.379. The first-order chi connectivity index (χ1) is 8.22. The van der Waals surface area contributed by atoms with Crippen LogP contribution in [-0.2, 0) is 4.74 Å². The van der Waals surface area contributed by atoms with Gasteiger partial charge in [0.15, 0.2) is 0 Å². The summed E-state index contributed by atoms with van der Waals surface area (Å²) in [5, 5.41) is 2.86. The summed E-state index contributed by atoms with van der Waals surface area (Å²) in [5.41, 5.74) is 0.373. The minimum Gasteiger partial charge on any atom is -0.377 e. The monoisotopic (exact) mass is 236 g/mol. The normalized spacial score (nSPS) is 20.1. The minimum absolute atomic E-state index is 0.0852. The SMILES string of the molecule is CNc1cnc(C(=O)N2CCOCC2C)cn1. The van der Waals surface area contributed by atoms with E-state index in [9.17, 15) is 4.79 Å². The highest BCUT2D eigenvalue weighted by atomic mass is 16.5. The van der Waals surface area contributed by atoms with Crippen LogP contribution in [0.15, 0.2) is 12.4 Å². The maximum Gasteiger partial charge on any atom is 0.274 e. The highest BCUT2D eigenvalue weighted by Gasteiger charge is 2.25. The molecule has 1 aliphatic heterocycles. The van der Waals surface area contributed by atoms with Gasteiger partial charge in [-0.1, -0.05) is 0 Å². The van der Waals surface area contributed by atoms with E-state index >= 15 is 0 Å². The van der Waals surface area contributed by atoms with E-state index in [-0.39, 0.29) is 11.9 Å². The smallest absolute Gasteiger partial charge is 0.274 e. The molecule has 1 aromatic heterocycles. The molecule has 1 fully saturated rings. The van der Waals surface area contributed by atoms with Gasteiger partial charge in [0.05, 0.1) is 31.6 Å². The molecule has 1 saturated heterocycles. The number of hydrogen-bond donors (Lipinski definition) is 1. The standard InChI is InChI=1S/C11H16N4O2/c1-8-7-17-4-3-15(8)11(16)9-5-14-10(12-2)6-13-9/h5-6,8H,3-4,7H2,1-2H3,(H,12,14). The van der Waals surface area contributed by atoms with Crippen LogP contribution in [0.4, 0.5) is 5.82 Å². The van der Waals surface area contributed by atoms with Gasteiger partial charge < -0.3 is 15.0 Å². The Hall–Kier alpha value is -1.69. The van der Waals surface area contributed by atoms with Gasteiger partial charge in [0.1, 0.15) is 11.5 Å². The second-order valence-electron chi connectivity index (χ2n) is 3.96. The van der Waals surface area contributed by atoms with Gasteiger partial charge in [0, 0.05) is 13.6 Å². The van der Waals surface area contributed by atoms with Crippen molar-refractivity contribution in [1.29, 1.82) is 0 Å². The molecule has 1 N–H and O–H groups in total. The maximum absolute atomic E-state index is 12.2. The molecule has 1 amide bonds. The van der Waals surface area contributed by atoms with Crippen LogP contribution >= 0.6 is 0 Å². The summed E-state index contributed by atoms with van der Waals surface area (Å²) >= 11 is 0. The average molecular weight is 236 g/mol. The number of morpholine rings is 1. The van der Waals surface area contributed by atoms with Gasteiger partial charge in [-0.2, -0.15) is 0 Å². The molecule has 0 radical (unpaired) electrons. The van der Waals surface area contributed by atoms with Gasteiger partial charge in [0.2, 0.25) is 0 Å². The van der Waals surface area contributed by atoms with Crippen LogP contribution in [0.3, 0.4) is 0 Å². The topological polar surface area (TPSA) is 67.4 Å². The molecule has 0 aliphatic carbocycles. The molecule has 17 heavy (non-hydrogen) atoms. The van der Waals surface area contributed by atoms with Gasteiger partial charge in [-0.3, -0.25) is 4.79 Å². The summed E-state index contributed by atoms with van der Waals surface area (Å²) in [7, 11) is 1.76. The van der Waals surface area contributed by atoms with Crippen molar-refractivity contribution >= 4 is 11.7 Å². The lowest BCUT2D eigenvalue weighted by atomic mass is 10.2. The van der Waals surface area contributed by atoms with E-state index in [2.05, 4.69) is 15.3 Å². The van der Waals surface area contributed by atoms with Crippen molar-refractivity contribution in [3.05, 3.63) is 18.1 Å². The van der Waals surface area contributed by atoms with Crippen LogP contribution in [0.2, 0.25) is 0 Å². The van der Waals surface area contributed by atoms with Crippen molar-refractivity contribution in [2.75, 3.05) is 32.1 Å². The molecule has 1 aliphatic rings. The molecule has 1 aromatic rings. The molecule has 0 aromatic carbocycles. The van der Waals surface area contributed by atoms with E-state index in [0.29, 0.717) is 31.3 Å². The number of hydrogen-bond acceptors (Lipinski definition) is 5. The van der Waals surface area contributed by atoms with Gasteiger partial charge in [-0.25, -0.2) is 9.97 Å². The number of nitrogens with zero attached hydrogens (tertiary/aromatic N) is 3. The molecular formula is C11H16N4O2. The maximum atomic E-state index is 12.2. The van der Waals surface area contributed by atoms with Gasteiger partial charge >= 0.3 is 0 Å². The van der Waals surface area contributed by atoms with E-state index in [1.54, 1.807) is 18.1 Å². The molecule has 2 heterocycles. The lowest BCUT2D eigenvalue weighted by Gasteiger charge is -2.32. The molecule has 1 atom stereocenters. The second kappa shape index (κ2) is 5.09. The number of aromatic nitrogens is 2. The zero-order chi connectivity index (χ0) is 12.3. The first-order valence-electron chi connectivity index (χ1n) is 5.61. The fourth-order valence-electron chi connectivity index (χ4n) is 1.74. The van der Waals surface area contributed by atoms with Crippen molar-refractivity contribution < 1.29 is 9.53 Å². The molecule has 0 spiro atoms. The molecule has 0 saturated carbocycles.